The summed E-state index contributed by atoms with van der Waals surface area (Å²) in [6.07, 6.45) is 14.2. The highest BCUT2D eigenvalue weighted by Gasteiger charge is 2.24. The molecule has 0 aromatic heterocycles. The van der Waals surface area contributed by atoms with Crippen LogP contribution in [0.3, 0.4) is 0 Å². The zero-order valence-electron chi connectivity index (χ0n) is 18.1. The van der Waals surface area contributed by atoms with Crippen LogP contribution in [0.1, 0.15) is 111 Å². The molecule has 0 aromatic rings. The van der Waals surface area contributed by atoms with E-state index in [4.69, 9.17) is 9.84 Å². The zero-order valence-corrected chi connectivity index (χ0v) is 18.1. The molecule has 0 aliphatic carbocycles. The number of rotatable bonds is 18. The van der Waals surface area contributed by atoms with E-state index in [1.54, 1.807) is 13.8 Å². The summed E-state index contributed by atoms with van der Waals surface area (Å²) in [6.45, 7) is 5.62. The maximum Gasteiger partial charge on any atom is 0.326 e. The van der Waals surface area contributed by atoms with Gasteiger partial charge in [-0.05, 0) is 20.3 Å². The molecule has 0 saturated heterocycles. The molecule has 0 rings (SSSR count). The second-order valence-electron chi connectivity index (χ2n) is 7.84. The van der Waals surface area contributed by atoms with Crippen LogP contribution >= 0.6 is 0 Å². The molecule has 0 aliphatic rings. The maximum atomic E-state index is 11.9. The van der Waals surface area contributed by atoms with Gasteiger partial charge in [0.1, 0.15) is 6.04 Å². The zero-order chi connectivity index (χ0) is 21.2. The molecule has 6 heteroatoms. The van der Waals surface area contributed by atoms with Crippen molar-refractivity contribution in [3.05, 3.63) is 0 Å². The van der Waals surface area contributed by atoms with E-state index in [0.717, 1.165) is 19.3 Å². The summed E-state index contributed by atoms with van der Waals surface area (Å²) < 4.78 is 4.94. The fraction of sp³-hybridized carbons (Fsp3) is 0.864. The van der Waals surface area contributed by atoms with Gasteiger partial charge in [0, 0.05) is 6.42 Å². The molecule has 0 saturated carbocycles. The average molecular weight is 400 g/mol. The van der Waals surface area contributed by atoms with Crippen LogP contribution in [0.4, 0.5) is 0 Å². The first-order valence-electron chi connectivity index (χ1n) is 11.1. The lowest BCUT2D eigenvalue weighted by atomic mass is 10.0. The highest BCUT2D eigenvalue weighted by molar-refractivity contribution is 5.87. The normalized spacial score (nSPS) is 12.0. The second-order valence-corrected chi connectivity index (χ2v) is 7.84. The summed E-state index contributed by atoms with van der Waals surface area (Å²) in [5, 5.41) is 11.6. The Kier molecular flexibility index (Phi) is 16.5. The fourth-order valence-electron chi connectivity index (χ4n) is 3.07. The molecule has 0 heterocycles. The molecule has 0 radical (unpaired) electrons. The molecule has 0 aliphatic heterocycles. The lowest BCUT2D eigenvalue weighted by molar-refractivity contribution is -0.152. The van der Waals surface area contributed by atoms with E-state index < -0.39 is 18.0 Å². The third kappa shape index (κ3) is 16.6. The molecular weight excluding hydrogens is 358 g/mol. The van der Waals surface area contributed by atoms with Crippen molar-refractivity contribution >= 4 is 17.8 Å². The van der Waals surface area contributed by atoms with Crippen LogP contribution < -0.4 is 5.32 Å². The Hall–Kier alpha value is -1.59. The minimum absolute atomic E-state index is 0.292. The molecule has 0 aromatic carbocycles. The molecule has 0 bridgehead atoms. The number of hydrogen-bond acceptors (Lipinski definition) is 4. The number of nitrogens with one attached hydrogen (secondary N) is 1. The monoisotopic (exact) mass is 399 g/mol. The molecule has 0 fully saturated rings. The number of carbonyl (C=O) groups excluding carboxylic acids is 2. The number of aliphatic carboxylic acids is 1. The summed E-state index contributed by atoms with van der Waals surface area (Å²) in [4.78, 5) is 34.7. The van der Waals surface area contributed by atoms with Crippen molar-refractivity contribution in [3.8, 4) is 0 Å². The van der Waals surface area contributed by atoms with Crippen LogP contribution in [-0.2, 0) is 19.1 Å². The van der Waals surface area contributed by atoms with E-state index in [1.165, 1.54) is 57.8 Å². The number of hydrogen-bond donors (Lipinski definition) is 2. The number of esters is 1. The van der Waals surface area contributed by atoms with Gasteiger partial charge in [0.2, 0.25) is 5.91 Å². The smallest absolute Gasteiger partial charge is 0.326 e. The number of ether oxygens (including phenoxy) is 1. The average Bonchev–Trinajstić information content (AvgIpc) is 2.61. The Morgan fingerprint density at radius 3 is 1.71 bits per heavy atom. The van der Waals surface area contributed by atoms with Crippen molar-refractivity contribution < 1.29 is 24.2 Å². The van der Waals surface area contributed by atoms with Gasteiger partial charge >= 0.3 is 11.9 Å². The van der Waals surface area contributed by atoms with Gasteiger partial charge in [-0.2, -0.15) is 0 Å². The van der Waals surface area contributed by atoms with Crippen molar-refractivity contribution in [2.75, 3.05) is 0 Å². The van der Waals surface area contributed by atoms with E-state index in [1.807, 2.05) is 0 Å². The molecule has 1 atom stereocenters. The van der Waals surface area contributed by atoms with Crippen LogP contribution in [-0.4, -0.2) is 35.1 Å². The van der Waals surface area contributed by atoms with Gasteiger partial charge in [-0.25, -0.2) is 4.79 Å². The van der Waals surface area contributed by atoms with Crippen molar-refractivity contribution in [1.82, 2.24) is 5.32 Å². The minimum atomic E-state index is -1.23. The number of carboxylic acids is 1. The molecule has 28 heavy (non-hydrogen) atoms. The topological polar surface area (TPSA) is 92.7 Å². The number of unbranched alkanes of at least 4 members (excludes halogenated alkanes) is 11. The van der Waals surface area contributed by atoms with Gasteiger partial charge in [0.05, 0.1) is 12.5 Å². The maximum absolute atomic E-state index is 11.9. The lowest BCUT2D eigenvalue weighted by Gasteiger charge is -2.15. The van der Waals surface area contributed by atoms with Crippen LogP contribution in [0.5, 0.6) is 0 Å². The van der Waals surface area contributed by atoms with Gasteiger partial charge in [-0.1, -0.05) is 77.6 Å². The Morgan fingerprint density at radius 1 is 0.821 bits per heavy atom. The van der Waals surface area contributed by atoms with Gasteiger partial charge in [-0.3, -0.25) is 9.59 Å². The van der Waals surface area contributed by atoms with Crippen LogP contribution in [0.2, 0.25) is 0 Å². The first kappa shape index (κ1) is 26.4. The van der Waals surface area contributed by atoms with Crippen molar-refractivity contribution in [2.45, 2.75) is 123 Å². The summed E-state index contributed by atoms with van der Waals surface area (Å²) >= 11 is 0. The minimum Gasteiger partial charge on any atom is -0.480 e. The highest BCUT2D eigenvalue weighted by Crippen LogP contribution is 2.12. The first-order chi connectivity index (χ1) is 13.4. The number of amides is 1. The second kappa shape index (κ2) is 17.5. The summed E-state index contributed by atoms with van der Waals surface area (Å²) in [6, 6.07) is -1.23. The standard InChI is InChI=1S/C22H41NO5/c1-4-5-6-7-8-9-10-11-12-13-14-15-16-20(24)23-19(22(26)27)17-21(25)28-18(2)3/h18-19H,4-17H2,1-3H3,(H,23,24)(H,26,27)/t19-/m0/s1. The Bertz CT molecular complexity index is 437. The molecule has 164 valence electrons. The highest BCUT2D eigenvalue weighted by atomic mass is 16.5. The third-order valence-corrected chi connectivity index (χ3v) is 4.63. The predicted molar refractivity (Wildman–Crippen MR) is 111 cm³/mol. The van der Waals surface area contributed by atoms with Crippen molar-refractivity contribution in [1.29, 1.82) is 0 Å². The van der Waals surface area contributed by atoms with Gasteiger partial charge in [0.15, 0.2) is 0 Å². The lowest BCUT2D eigenvalue weighted by Crippen LogP contribution is -2.42. The molecule has 1 amide bonds. The van der Waals surface area contributed by atoms with Gasteiger partial charge in [0.25, 0.3) is 0 Å². The fourth-order valence-corrected chi connectivity index (χ4v) is 3.07. The summed E-state index contributed by atoms with van der Waals surface area (Å²) in [5.74, 6) is -2.16. The Labute approximate surface area is 170 Å². The van der Waals surface area contributed by atoms with E-state index in [0.29, 0.717) is 6.42 Å². The van der Waals surface area contributed by atoms with E-state index in [-0.39, 0.29) is 18.4 Å². The summed E-state index contributed by atoms with van der Waals surface area (Å²) in [7, 11) is 0. The molecule has 0 unspecified atom stereocenters. The van der Waals surface area contributed by atoms with Gasteiger partial charge in [-0.15, -0.1) is 0 Å². The first-order valence-corrected chi connectivity index (χ1v) is 11.1. The van der Waals surface area contributed by atoms with Gasteiger partial charge < -0.3 is 15.2 Å². The molecular formula is C22H41NO5. The van der Waals surface area contributed by atoms with Crippen molar-refractivity contribution in [3.63, 3.8) is 0 Å². The quantitative estimate of drug-likeness (QED) is 0.250. The van der Waals surface area contributed by atoms with E-state index in [9.17, 15) is 14.4 Å². The largest absolute Gasteiger partial charge is 0.480 e. The summed E-state index contributed by atoms with van der Waals surface area (Å²) in [5.41, 5.74) is 0. The predicted octanol–water partition coefficient (Wildman–Crippen LogP) is 4.99. The van der Waals surface area contributed by atoms with E-state index >= 15 is 0 Å². The van der Waals surface area contributed by atoms with Crippen LogP contribution in [0.25, 0.3) is 0 Å². The third-order valence-electron chi connectivity index (χ3n) is 4.63. The number of carboxylic acid groups (broad SMARTS) is 1. The van der Waals surface area contributed by atoms with Crippen LogP contribution in [0, 0.1) is 0 Å². The Morgan fingerprint density at radius 2 is 1.29 bits per heavy atom. The Balaban J connectivity index is 3.71. The molecule has 6 nitrogen and oxygen atoms in total. The number of carbonyl (C=O) groups is 3. The van der Waals surface area contributed by atoms with Crippen LogP contribution in [0.15, 0.2) is 0 Å². The van der Waals surface area contributed by atoms with E-state index in [2.05, 4.69) is 12.2 Å². The molecule has 2 N–H and O–H groups in total. The SMILES string of the molecule is CCCCCCCCCCCCCCC(=O)N[C@@H](CC(=O)OC(C)C)C(=O)O. The van der Waals surface area contributed by atoms with Crippen molar-refractivity contribution in [2.24, 2.45) is 0 Å². The molecule has 0 spiro atoms.